The van der Waals surface area contributed by atoms with Gasteiger partial charge in [-0.15, -0.1) is 0 Å². The highest BCUT2D eigenvalue weighted by Gasteiger charge is 2.11. The lowest BCUT2D eigenvalue weighted by Gasteiger charge is -2.21. The van der Waals surface area contributed by atoms with E-state index in [1.54, 1.807) is 12.3 Å². The molecule has 0 aliphatic carbocycles. The van der Waals surface area contributed by atoms with E-state index in [0.29, 0.717) is 11.6 Å². The Kier molecular flexibility index (Phi) is 4.45. The molecule has 0 aliphatic rings. The molecule has 1 aromatic carbocycles. The van der Waals surface area contributed by atoms with E-state index < -0.39 is 0 Å². The van der Waals surface area contributed by atoms with Crippen LogP contribution < -0.4 is 5.32 Å². The van der Waals surface area contributed by atoms with Crippen LogP contribution in [-0.4, -0.2) is 15.3 Å². The lowest BCUT2D eigenvalue weighted by Crippen LogP contribution is -2.35. The SMILES string of the molecule is CC(C)(C)NCc1ccnn1Cc1ccc(F)cc1Cl. The third-order valence-electron chi connectivity index (χ3n) is 2.94. The largest absolute Gasteiger partial charge is 0.306 e. The molecule has 0 unspecified atom stereocenters. The summed E-state index contributed by atoms with van der Waals surface area (Å²) < 4.78 is 14.9. The standard InChI is InChI=1S/C15H19ClFN3/c1-15(2,3)18-9-13-6-7-19-20(13)10-11-4-5-12(17)8-14(11)16/h4-8,18H,9-10H2,1-3H3. The van der Waals surface area contributed by atoms with Gasteiger partial charge in [0.05, 0.1) is 12.2 Å². The van der Waals surface area contributed by atoms with Gasteiger partial charge in [0.25, 0.3) is 0 Å². The van der Waals surface area contributed by atoms with E-state index in [9.17, 15) is 4.39 Å². The number of nitrogens with one attached hydrogen (secondary N) is 1. The molecule has 0 bridgehead atoms. The molecule has 2 rings (SSSR count). The van der Waals surface area contributed by atoms with Crippen molar-refractivity contribution < 1.29 is 4.39 Å². The number of hydrogen-bond donors (Lipinski definition) is 1. The minimum Gasteiger partial charge on any atom is -0.306 e. The first kappa shape index (κ1) is 15.0. The van der Waals surface area contributed by atoms with Gasteiger partial charge in [0, 0.05) is 23.3 Å². The fourth-order valence-corrected chi connectivity index (χ4v) is 2.05. The van der Waals surface area contributed by atoms with Gasteiger partial charge in [0.15, 0.2) is 0 Å². The Morgan fingerprint density at radius 1 is 1.30 bits per heavy atom. The van der Waals surface area contributed by atoms with Crippen LogP contribution in [0.25, 0.3) is 0 Å². The lowest BCUT2D eigenvalue weighted by molar-refractivity contribution is 0.414. The lowest BCUT2D eigenvalue weighted by atomic mass is 10.1. The molecule has 0 spiro atoms. The maximum Gasteiger partial charge on any atom is 0.124 e. The van der Waals surface area contributed by atoms with E-state index in [-0.39, 0.29) is 11.4 Å². The van der Waals surface area contributed by atoms with Crippen LogP contribution in [0.4, 0.5) is 4.39 Å². The smallest absolute Gasteiger partial charge is 0.124 e. The van der Waals surface area contributed by atoms with Gasteiger partial charge in [0.1, 0.15) is 5.82 Å². The highest BCUT2D eigenvalue weighted by molar-refractivity contribution is 6.31. The third-order valence-corrected chi connectivity index (χ3v) is 3.29. The van der Waals surface area contributed by atoms with Crippen molar-refractivity contribution in [2.24, 2.45) is 0 Å². The van der Waals surface area contributed by atoms with Gasteiger partial charge in [-0.2, -0.15) is 5.10 Å². The second-order valence-electron chi connectivity index (χ2n) is 5.82. The van der Waals surface area contributed by atoms with Gasteiger partial charge in [-0.25, -0.2) is 4.39 Å². The minimum absolute atomic E-state index is 0.0443. The Morgan fingerprint density at radius 3 is 2.70 bits per heavy atom. The van der Waals surface area contributed by atoms with Crippen molar-refractivity contribution in [3.05, 3.63) is 52.6 Å². The van der Waals surface area contributed by atoms with Crippen LogP contribution in [-0.2, 0) is 13.1 Å². The van der Waals surface area contributed by atoms with Crippen molar-refractivity contribution in [2.75, 3.05) is 0 Å². The van der Waals surface area contributed by atoms with Gasteiger partial charge < -0.3 is 5.32 Å². The molecule has 0 amide bonds. The fraction of sp³-hybridized carbons (Fsp3) is 0.400. The van der Waals surface area contributed by atoms with Crippen LogP contribution in [0.1, 0.15) is 32.0 Å². The van der Waals surface area contributed by atoms with E-state index in [1.807, 2.05) is 10.7 Å². The summed E-state index contributed by atoms with van der Waals surface area (Å²) in [5.41, 5.74) is 1.97. The van der Waals surface area contributed by atoms with E-state index in [4.69, 9.17) is 11.6 Å². The zero-order valence-electron chi connectivity index (χ0n) is 12.0. The molecule has 2 aromatic rings. The van der Waals surface area contributed by atoms with Gasteiger partial charge in [0.2, 0.25) is 0 Å². The Morgan fingerprint density at radius 2 is 2.05 bits per heavy atom. The highest BCUT2D eigenvalue weighted by Crippen LogP contribution is 2.18. The van der Waals surface area contributed by atoms with Crippen molar-refractivity contribution in [1.29, 1.82) is 0 Å². The topological polar surface area (TPSA) is 29.9 Å². The highest BCUT2D eigenvalue weighted by atomic mass is 35.5. The number of aromatic nitrogens is 2. The zero-order valence-corrected chi connectivity index (χ0v) is 12.7. The summed E-state index contributed by atoms with van der Waals surface area (Å²) in [6, 6.07) is 6.40. The first-order valence-electron chi connectivity index (χ1n) is 6.55. The number of benzene rings is 1. The van der Waals surface area contributed by atoms with Crippen molar-refractivity contribution in [1.82, 2.24) is 15.1 Å². The van der Waals surface area contributed by atoms with Gasteiger partial charge in [-0.05, 0) is 44.5 Å². The van der Waals surface area contributed by atoms with Crippen molar-refractivity contribution in [2.45, 2.75) is 39.4 Å². The summed E-state index contributed by atoms with van der Waals surface area (Å²) in [6.07, 6.45) is 1.76. The minimum atomic E-state index is -0.325. The number of hydrogen-bond acceptors (Lipinski definition) is 2. The fourth-order valence-electron chi connectivity index (χ4n) is 1.82. The van der Waals surface area contributed by atoms with Crippen LogP contribution in [0.3, 0.4) is 0 Å². The Hall–Kier alpha value is -1.39. The summed E-state index contributed by atoms with van der Waals surface area (Å²) in [6.45, 7) is 7.61. The van der Waals surface area contributed by atoms with Gasteiger partial charge in [-0.1, -0.05) is 17.7 Å². The van der Waals surface area contributed by atoms with Crippen molar-refractivity contribution in [3.63, 3.8) is 0 Å². The molecule has 1 N–H and O–H groups in total. The average Bonchev–Trinajstić information content (AvgIpc) is 2.77. The maximum atomic E-state index is 13.0. The summed E-state index contributed by atoms with van der Waals surface area (Å²) in [4.78, 5) is 0. The molecule has 0 fully saturated rings. The summed E-state index contributed by atoms with van der Waals surface area (Å²) >= 11 is 6.05. The van der Waals surface area contributed by atoms with Crippen molar-refractivity contribution in [3.8, 4) is 0 Å². The second kappa shape index (κ2) is 5.94. The number of rotatable bonds is 4. The first-order chi connectivity index (χ1) is 9.35. The second-order valence-corrected chi connectivity index (χ2v) is 6.23. The Balaban J connectivity index is 2.12. The molecule has 20 heavy (non-hydrogen) atoms. The van der Waals surface area contributed by atoms with Gasteiger partial charge >= 0.3 is 0 Å². The maximum absolute atomic E-state index is 13.0. The Bertz CT molecular complexity index is 587. The molecular formula is C15H19ClFN3. The van der Waals surface area contributed by atoms with E-state index in [0.717, 1.165) is 17.8 Å². The van der Waals surface area contributed by atoms with E-state index in [2.05, 4.69) is 31.2 Å². The molecule has 0 radical (unpaired) electrons. The number of halogens is 2. The monoisotopic (exact) mass is 295 g/mol. The zero-order chi connectivity index (χ0) is 14.8. The molecule has 0 atom stereocenters. The first-order valence-corrected chi connectivity index (χ1v) is 6.92. The van der Waals surface area contributed by atoms with E-state index in [1.165, 1.54) is 12.1 Å². The molecular weight excluding hydrogens is 277 g/mol. The summed E-state index contributed by atoms with van der Waals surface area (Å²) in [5.74, 6) is -0.325. The van der Waals surface area contributed by atoms with Crippen LogP contribution in [0, 0.1) is 5.82 Å². The molecule has 3 nitrogen and oxygen atoms in total. The molecule has 0 saturated carbocycles. The normalized spacial score (nSPS) is 11.8. The summed E-state index contributed by atoms with van der Waals surface area (Å²) in [5, 5.41) is 8.15. The number of nitrogens with zero attached hydrogens (tertiary/aromatic N) is 2. The Labute approximate surface area is 123 Å². The molecule has 0 aliphatic heterocycles. The quantitative estimate of drug-likeness (QED) is 0.934. The molecule has 1 heterocycles. The molecule has 1 aromatic heterocycles. The van der Waals surface area contributed by atoms with Crippen LogP contribution >= 0.6 is 11.6 Å². The summed E-state index contributed by atoms with van der Waals surface area (Å²) in [7, 11) is 0. The van der Waals surface area contributed by atoms with Crippen LogP contribution in [0.5, 0.6) is 0 Å². The average molecular weight is 296 g/mol. The molecule has 5 heteroatoms. The predicted molar refractivity (Wildman–Crippen MR) is 79.3 cm³/mol. The van der Waals surface area contributed by atoms with Crippen LogP contribution in [0.15, 0.2) is 30.5 Å². The third kappa shape index (κ3) is 4.05. The van der Waals surface area contributed by atoms with Crippen LogP contribution in [0.2, 0.25) is 5.02 Å². The van der Waals surface area contributed by atoms with E-state index >= 15 is 0 Å². The van der Waals surface area contributed by atoms with Gasteiger partial charge in [-0.3, -0.25) is 4.68 Å². The predicted octanol–water partition coefficient (Wildman–Crippen LogP) is 3.61. The van der Waals surface area contributed by atoms with Crippen molar-refractivity contribution >= 4 is 11.6 Å². The molecule has 0 saturated heterocycles. The molecule has 108 valence electrons.